The molecule has 2 aromatic rings. The van der Waals surface area contributed by atoms with E-state index in [1.165, 1.54) is 6.42 Å². The fourth-order valence-corrected chi connectivity index (χ4v) is 5.60. The Kier molecular flexibility index (Phi) is 7.43. The van der Waals surface area contributed by atoms with Crippen molar-refractivity contribution in [2.24, 2.45) is 11.8 Å². The molecule has 3 atom stereocenters. The second kappa shape index (κ2) is 9.70. The van der Waals surface area contributed by atoms with Gasteiger partial charge in [-0.2, -0.15) is 0 Å². The van der Waals surface area contributed by atoms with Crippen LogP contribution in [0.2, 0.25) is 18.1 Å². The predicted molar refractivity (Wildman–Crippen MR) is 131 cm³/mol. The maximum Gasteiger partial charge on any atom is 0.338 e. The number of carbonyl (C=O) groups is 1. The molecule has 3 rings (SSSR count). The Bertz CT molecular complexity index is 852. The summed E-state index contributed by atoms with van der Waals surface area (Å²) in [7, 11) is -1.80. The number of hydrogen-bond acceptors (Lipinski definition) is 3. The Morgan fingerprint density at radius 2 is 1.58 bits per heavy atom. The molecule has 168 valence electrons. The van der Waals surface area contributed by atoms with E-state index in [9.17, 15) is 4.79 Å². The summed E-state index contributed by atoms with van der Waals surface area (Å²) >= 11 is 0. The van der Waals surface area contributed by atoms with Crippen LogP contribution in [0, 0.1) is 11.8 Å². The minimum atomic E-state index is -1.80. The smallest absolute Gasteiger partial charge is 0.338 e. The van der Waals surface area contributed by atoms with E-state index in [1.54, 1.807) is 0 Å². The first-order chi connectivity index (χ1) is 14.6. The van der Waals surface area contributed by atoms with Gasteiger partial charge in [0.2, 0.25) is 0 Å². The Hall–Kier alpha value is -1.91. The predicted octanol–water partition coefficient (Wildman–Crippen LogP) is 7.34. The second-order valence-electron chi connectivity index (χ2n) is 10.5. The first-order valence-electron chi connectivity index (χ1n) is 11.6. The topological polar surface area (TPSA) is 35.5 Å². The average Bonchev–Trinajstić information content (AvgIpc) is 3.07. The average molecular weight is 439 g/mol. The quantitative estimate of drug-likeness (QED) is 0.335. The normalized spacial score (nSPS) is 21.8. The third kappa shape index (κ3) is 5.87. The maximum atomic E-state index is 12.5. The number of rotatable bonds is 7. The first-order valence-corrected chi connectivity index (χ1v) is 14.5. The molecule has 1 aliphatic rings. The molecule has 2 aromatic carbocycles. The van der Waals surface area contributed by atoms with Gasteiger partial charge in [0.25, 0.3) is 0 Å². The van der Waals surface area contributed by atoms with Crippen LogP contribution in [0.25, 0.3) is 11.1 Å². The molecule has 0 bridgehead atoms. The van der Waals surface area contributed by atoms with Crippen LogP contribution in [-0.4, -0.2) is 27.0 Å². The fraction of sp³-hybridized carbons (Fsp3) is 0.519. The van der Waals surface area contributed by atoms with Crippen molar-refractivity contribution in [1.82, 2.24) is 0 Å². The molecule has 4 heteroatoms. The van der Waals surface area contributed by atoms with Gasteiger partial charge >= 0.3 is 5.97 Å². The van der Waals surface area contributed by atoms with E-state index < -0.39 is 8.32 Å². The van der Waals surface area contributed by atoms with Crippen LogP contribution in [0.15, 0.2) is 54.6 Å². The van der Waals surface area contributed by atoms with Gasteiger partial charge in [-0.05, 0) is 72.5 Å². The molecule has 0 N–H and O–H groups in total. The summed E-state index contributed by atoms with van der Waals surface area (Å²) in [5, 5.41) is 0.210. The van der Waals surface area contributed by atoms with E-state index in [-0.39, 0.29) is 11.0 Å². The molecule has 3 nitrogen and oxygen atoms in total. The minimum absolute atomic E-state index is 0.210. The summed E-state index contributed by atoms with van der Waals surface area (Å²) in [6.07, 6.45) is 3.47. The lowest BCUT2D eigenvalue weighted by Crippen LogP contribution is -2.45. The summed E-state index contributed by atoms with van der Waals surface area (Å²) in [4.78, 5) is 12.5. The van der Waals surface area contributed by atoms with Crippen LogP contribution in [0.3, 0.4) is 0 Å². The molecule has 0 radical (unpaired) electrons. The third-order valence-corrected chi connectivity index (χ3v) is 11.8. The van der Waals surface area contributed by atoms with E-state index in [0.29, 0.717) is 30.1 Å². The summed E-state index contributed by atoms with van der Waals surface area (Å²) < 4.78 is 12.4. The SMILES string of the molecule is CC1CCC(O[Si](C)(C)C(C)(C)C)C1CCOC(=O)c1ccc(-c2ccccc2)cc1. The highest BCUT2D eigenvalue weighted by Crippen LogP contribution is 2.43. The zero-order valence-corrected chi connectivity index (χ0v) is 21.0. The molecule has 0 aliphatic heterocycles. The van der Waals surface area contributed by atoms with Crippen LogP contribution in [0.1, 0.15) is 57.3 Å². The van der Waals surface area contributed by atoms with Crippen molar-refractivity contribution in [2.75, 3.05) is 6.61 Å². The first kappa shape index (κ1) is 23.7. The second-order valence-corrected chi connectivity index (χ2v) is 15.3. The lowest BCUT2D eigenvalue weighted by Gasteiger charge is -2.40. The van der Waals surface area contributed by atoms with Gasteiger partial charge in [-0.3, -0.25) is 0 Å². The van der Waals surface area contributed by atoms with E-state index >= 15 is 0 Å². The third-order valence-electron chi connectivity index (χ3n) is 7.28. The lowest BCUT2D eigenvalue weighted by atomic mass is 9.93. The molecule has 0 heterocycles. The van der Waals surface area contributed by atoms with Crippen LogP contribution in [0.4, 0.5) is 0 Å². The molecule has 0 spiro atoms. The molecule has 31 heavy (non-hydrogen) atoms. The number of esters is 1. The largest absolute Gasteiger partial charge is 0.462 e. The van der Waals surface area contributed by atoms with E-state index in [2.05, 4.69) is 52.9 Å². The highest BCUT2D eigenvalue weighted by molar-refractivity contribution is 6.74. The molecule has 1 saturated carbocycles. The van der Waals surface area contributed by atoms with Crippen LogP contribution in [-0.2, 0) is 9.16 Å². The molecular formula is C27H38O3Si. The minimum Gasteiger partial charge on any atom is -0.462 e. The summed E-state index contributed by atoms with van der Waals surface area (Å²) in [5.74, 6) is 0.827. The summed E-state index contributed by atoms with van der Waals surface area (Å²) in [6.45, 7) is 14.3. The zero-order chi connectivity index (χ0) is 22.6. The molecule has 3 unspecified atom stereocenters. The number of hydrogen-bond donors (Lipinski definition) is 0. The Morgan fingerprint density at radius 3 is 2.19 bits per heavy atom. The number of carbonyl (C=O) groups excluding carboxylic acids is 1. The van der Waals surface area contributed by atoms with Crippen LogP contribution >= 0.6 is 0 Å². The molecular weight excluding hydrogens is 400 g/mol. The lowest BCUT2D eigenvalue weighted by molar-refractivity contribution is 0.0423. The van der Waals surface area contributed by atoms with Gasteiger partial charge in [0.1, 0.15) is 0 Å². The van der Waals surface area contributed by atoms with Crippen molar-refractivity contribution < 1.29 is 14.0 Å². The van der Waals surface area contributed by atoms with E-state index in [0.717, 1.165) is 24.0 Å². The molecule has 0 amide bonds. The van der Waals surface area contributed by atoms with E-state index in [1.807, 2.05) is 42.5 Å². The van der Waals surface area contributed by atoms with Gasteiger partial charge in [-0.25, -0.2) is 4.79 Å². The number of ether oxygens (including phenoxy) is 1. The molecule has 0 saturated heterocycles. The monoisotopic (exact) mass is 438 g/mol. The molecule has 0 aromatic heterocycles. The fourth-order valence-electron chi connectivity index (χ4n) is 4.19. The highest BCUT2D eigenvalue weighted by Gasteiger charge is 2.43. The number of benzene rings is 2. The van der Waals surface area contributed by atoms with Gasteiger partial charge in [0, 0.05) is 6.10 Å². The Balaban J connectivity index is 1.54. The zero-order valence-electron chi connectivity index (χ0n) is 20.0. The van der Waals surface area contributed by atoms with Gasteiger partial charge in [-0.1, -0.05) is 70.2 Å². The Morgan fingerprint density at radius 1 is 0.968 bits per heavy atom. The van der Waals surface area contributed by atoms with Crippen molar-refractivity contribution in [3.63, 3.8) is 0 Å². The standard InChI is InChI=1S/C27H38O3Si/c1-20-12-17-25(30-31(5,6)27(2,3)4)24(20)18-19-29-26(28)23-15-13-22(14-16-23)21-10-8-7-9-11-21/h7-11,13-16,20,24-25H,12,17-19H2,1-6H3. The summed E-state index contributed by atoms with van der Waals surface area (Å²) in [6, 6.07) is 17.8. The van der Waals surface area contributed by atoms with Crippen LogP contribution < -0.4 is 0 Å². The summed E-state index contributed by atoms with van der Waals surface area (Å²) in [5.41, 5.74) is 2.85. The Labute approximate surface area is 189 Å². The van der Waals surface area contributed by atoms with Crippen molar-refractivity contribution in [2.45, 2.75) is 71.2 Å². The van der Waals surface area contributed by atoms with Crippen molar-refractivity contribution in [3.8, 4) is 11.1 Å². The van der Waals surface area contributed by atoms with Gasteiger partial charge in [-0.15, -0.1) is 0 Å². The van der Waals surface area contributed by atoms with E-state index in [4.69, 9.17) is 9.16 Å². The van der Waals surface area contributed by atoms with Crippen molar-refractivity contribution in [1.29, 1.82) is 0 Å². The van der Waals surface area contributed by atoms with Gasteiger partial charge in [0.15, 0.2) is 8.32 Å². The molecule has 1 aliphatic carbocycles. The van der Waals surface area contributed by atoms with Crippen LogP contribution in [0.5, 0.6) is 0 Å². The van der Waals surface area contributed by atoms with Crippen molar-refractivity contribution >= 4 is 14.3 Å². The highest BCUT2D eigenvalue weighted by atomic mass is 28.4. The van der Waals surface area contributed by atoms with Gasteiger partial charge in [0.05, 0.1) is 12.2 Å². The molecule has 1 fully saturated rings. The maximum absolute atomic E-state index is 12.5. The van der Waals surface area contributed by atoms with Crippen molar-refractivity contribution in [3.05, 3.63) is 60.2 Å². The van der Waals surface area contributed by atoms with Gasteiger partial charge < -0.3 is 9.16 Å².